The third-order valence-corrected chi connectivity index (χ3v) is 3.67. The van der Waals surface area contributed by atoms with Crippen LogP contribution in [0.4, 0.5) is 10.8 Å². The number of rotatable bonds is 6. The van der Waals surface area contributed by atoms with Gasteiger partial charge in [0.05, 0.1) is 10.2 Å². The zero-order valence-electron chi connectivity index (χ0n) is 11.7. The van der Waals surface area contributed by atoms with Gasteiger partial charge in [0, 0.05) is 12.3 Å². The highest BCUT2D eigenvalue weighted by Gasteiger charge is 2.08. The van der Waals surface area contributed by atoms with Crippen LogP contribution in [0.3, 0.4) is 0 Å². The van der Waals surface area contributed by atoms with Crippen LogP contribution in [0.1, 0.15) is 20.3 Å². The predicted molar refractivity (Wildman–Crippen MR) is 82.9 cm³/mol. The van der Waals surface area contributed by atoms with E-state index in [0.29, 0.717) is 23.3 Å². The third kappa shape index (κ3) is 4.18. The molecule has 0 bridgehead atoms. The lowest BCUT2D eigenvalue weighted by Crippen LogP contribution is -2.18. The molecule has 5 nitrogen and oxygen atoms in total. The molecule has 0 fully saturated rings. The Morgan fingerprint density at radius 3 is 3.05 bits per heavy atom. The summed E-state index contributed by atoms with van der Waals surface area (Å²) in [6.45, 7) is 4.90. The molecule has 0 spiro atoms. The van der Waals surface area contributed by atoms with Crippen molar-refractivity contribution in [1.82, 2.24) is 4.98 Å². The summed E-state index contributed by atoms with van der Waals surface area (Å²) in [6.07, 6.45) is 0.952. The second kappa shape index (κ2) is 6.67. The average molecular weight is 293 g/mol. The lowest BCUT2D eigenvalue weighted by Gasteiger charge is -2.05. The van der Waals surface area contributed by atoms with Crippen LogP contribution >= 0.6 is 11.3 Å². The van der Waals surface area contributed by atoms with E-state index in [4.69, 9.17) is 10.5 Å². The molecule has 2 aromatic rings. The Labute approximate surface area is 122 Å². The van der Waals surface area contributed by atoms with Crippen molar-refractivity contribution in [2.24, 2.45) is 5.92 Å². The third-order valence-electron chi connectivity index (χ3n) is 2.73. The van der Waals surface area contributed by atoms with Gasteiger partial charge in [0.25, 0.3) is 5.91 Å². The molecule has 0 radical (unpaired) electrons. The van der Waals surface area contributed by atoms with Gasteiger partial charge in [-0.15, -0.1) is 0 Å². The van der Waals surface area contributed by atoms with E-state index < -0.39 is 0 Å². The van der Waals surface area contributed by atoms with Crippen molar-refractivity contribution < 1.29 is 9.53 Å². The Balaban J connectivity index is 1.86. The SMILES string of the molecule is CC(C)CCOCC(=O)Nc1nc2ccc(N)cc2s1. The van der Waals surface area contributed by atoms with E-state index in [1.54, 1.807) is 6.07 Å². The van der Waals surface area contributed by atoms with Gasteiger partial charge in [0.1, 0.15) is 6.61 Å². The number of nitrogens with two attached hydrogens (primary N) is 1. The lowest BCUT2D eigenvalue weighted by molar-refractivity contribution is -0.120. The van der Waals surface area contributed by atoms with Crippen LogP contribution < -0.4 is 11.1 Å². The quantitative estimate of drug-likeness (QED) is 0.634. The summed E-state index contributed by atoms with van der Waals surface area (Å²) in [5, 5.41) is 3.31. The topological polar surface area (TPSA) is 77.2 Å². The fourth-order valence-electron chi connectivity index (χ4n) is 1.63. The summed E-state index contributed by atoms with van der Waals surface area (Å²) in [6, 6.07) is 5.49. The van der Waals surface area contributed by atoms with Gasteiger partial charge < -0.3 is 10.5 Å². The molecule has 1 aromatic carbocycles. The van der Waals surface area contributed by atoms with Crippen molar-refractivity contribution >= 4 is 38.3 Å². The van der Waals surface area contributed by atoms with Gasteiger partial charge in [0.15, 0.2) is 5.13 Å². The number of carbonyl (C=O) groups excluding carboxylic acids is 1. The number of fused-ring (bicyclic) bond motifs is 1. The standard InChI is InChI=1S/C14H19N3O2S/c1-9(2)5-6-19-8-13(18)17-14-16-11-4-3-10(15)7-12(11)20-14/h3-4,7,9H,5-6,8,15H2,1-2H3,(H,16,17,18). The van der Waals surface area contributed by atoms with Crippen molar-refractivity contribution in [3.05, 3.63) is 18.2 Å². The lowest BCUT2D eigenvalue weighted by atomic mass is 10.1. The minimum atomic E-state index is -0.180. The van der Waals surface area contributed by atoms with Crippen LogP contribution in [0.25, 0.3) is 10.2 Å². The minimum absolute atomic E-state index is 0.0603. The zero-order valence-corrected chi connectivity index (χ0v) is 12.5. The van der Waals surface area contributed by atoms with E-state index in [9.17, 15) is 4.79 Å². The molecule has 1 amide bonds. The molecule has 1 heterocycles. The van der Waals surface area contributed by atoms with E-state index >= 15 is 0 Å². The molecule has 6 heteroatoms. The minimum Gasteiger partial charge on any atom is -0.399 e. The van der Waals surface area contributed by atoms with E-state index in [1.807, 2.05) is 12.1 Å². The zero-order chi connectivity index (χ0) is 14.5. The number of anilines is 2. The molecule has 0 saturated heterocycles. The smallest absolute Gasteiger partial charge is 0.252 e. The number of nitrogen functional groups attached to an aromatic ring is 1. The van der Waals surface area contributed by atoms with Crippen LogP contribution in [0.15, 0.2) is 18.2 Å². The summed E-state index contributed by atoms with van der Waals surface area (Å²) in [5.74, 6) is 0.397. The molecule has 0 aliphatic heterocycles. The Kier molecular flexibility index (Phi) is 4.92. The second-order valence-electron chi connectivity index (χ2n) is 5.03. The highest BCUT2D eigenvalue weighted by molar-refractivity contribution is 7.22. The van der Waals surface area contributed by atoms with Crippen LogP contribution in [0.2, 0.25) is 0 Å². The molecule has 20 heavy (non-hydrogen) atoms. The van der Waals surface area contributed by atoms with Crippen LogP contribution in [0, 0.1) is 5.92 Å². The maximum Gasteiger partial charge on any atom is 0.252 e. The number of ether oxygens (including phenoxy) is 1. The first-order valence-electron chi connectivity index (χ1n) is 6.58. The molecule has 0 unspecified atom stereocenters. The molecule has 3 N–H and O–H groups in total. The summed E-state index contributed by atoms with van der Waals surface area (Å²) in [7, 11) is 0. The molecule has 0 aliphatic rings. The Morgan fingerprint density at radius 1 is 1.50 bits per heavy atom. The number of benzene rings is 1. The molecule has 1 aromatic heterocycles. The predicted octanol–water partition coefficient (Wildman–Crippen LogP) is 2.88. The maximum absolute atomic E-state index is 11.7. The Hall–Kier alpha value is -1.66. The van der Waals surface area contributed by atoms with Crippen molar-refractivity contribution in [2.45, 2.75) is 20.3 Å². The monoisotopic (exact) mass is 293 g/mol. The number of carbonyl (C=O) groups is 1. The fraction of sp³-hybridized carbons (Fsp3) is 0.429. The number of amides is 1. The van der Waals surface area contributed by atoms with Crippen LogP contribution in [-0.2, 0) is 9.53 Å². The number of aromatic nitrogens is 1. The normalized spacial score (nSPS) is 11.2. The first-order valence-corrected chi connectivity index (χ1v) is 7.40. The number of nitrogens with one attached hydrogen (secondary N) is 1. The number of thiazole rings is 1. The number of hydrogen-bond acceptors (Lipinski definition) is 5. The van der Waals surface area contributed by atoms with Crippen LogP contribution in [0.5, 0.6) is 0 Å². The Morgan fingerprint density at radius 2 is 2.30 bits per heavy atom. The van der Waals surface area contributed by atoms with Crippen molar-refractivity contribution in [3.63, 3.8) is 0 Å². The van der Waals surface area contributed by atoms with Crippen molar-refractivity contribution in [2.75, 3.05) is 24.3 Å². The first-order chi connectivity index (χ1) is 9.54. The molecule has 0 aliphatic carbocycles. The van der Waals surface area contributed by atoms with E-state index in [-0.39, 0.29) is 12.5 Å². The van der Waals surface area contributed by atoms with Gasteiger partial charge in [-0.05, 0) is 30.5 Å². The van der Waals surface area contributed by atoms with Gasteiger partial charge in [0.2, 0.25) is 0 Å². The van der Waals surface area contributed by atoms with Crippen molar-refractivity contribution in [1.29, 1.82) is 0 Å². The van der Waals surface area contributed by atoms with Gasteiger partial charge in [-0.2, -0.15) is 0 Å². The summed E-state index contributed by atoms with van der Waals surface area (Å²) >= 11 is 1.41. The number of hydrogen-bond donors (Lipinski definition) is 2. The van der Waals surface area contributed by atoms with E-state index in [2.05, 4.69) is 24.1 Å². The van der Waals surface area contributed by atoms with E-state index in [1.165, 1.54) is 11.3 Å². The van der Waals surface area contributed by atoms with Gasteiger partial charge >= 0.3 is 0 Å². The summed E-state index contributed by atoms with van der Waals surface area (Å²) in [5.41, 5.74) is 7.24. The second-order valence-corrected chi connectivity index (χ2v) is 6.06. The van der Waals surface area contributed by atoms with Crippen LogP contribution in [-0.4, -0.2) is 24.1 Å². The molecule has 108 valence electrons. The van der Waals surface area contributed by atoms with Gasteiger partial charge in [-0.3, -0.25) is 10.1 Å². The highest BCUT2D eigenvalue weighted by Crippen LogP contribution is 2.27. The summed E-state index contributed by atoms with van der Waals surface area (Å²) in [4.78, 5) is 16.0. The highest BCUT2D eigenvalue weighted by atomic mass is 32.1. The maximum atomic E-state index is 11.7. The fourth-order valence-corrected chi connectivity index (χ4v) is 2.56. The molecule has 0 atom stereocenters. The van der Waals surface area contributed by atoms with Gasteiger partial charge in [-0.25, -0.2) is 4.98 Å². The van der Waals surface area contributed by atoms with E-state index in [0.717, 1.165) is 16.6 Å². The Bertz CT molecular complexity index is 595. The molecular weight excluding hydrogens is 274 g/mol. The first kappa shape index (κ1) is 14.7. The number of nitrogens with zero attached hydrogens (tertiary/aromatic N) is 1. The summed E-state index contributed by atoms with van der Waals surface area (Å²) < 4.78 is 6.28. The largest absolute Gasteiger partial charge is 0.399 e. The molecule has 2 rings (SSSR count). The molecular formula is C14H19N3O2S. The average Bonchev–Trinajstić information content (AvgIpc) is 2.75. The molecule has 0 saturated carbocycles. The van der Waals surface area contributed by atoms with Crippen molar-refractivity contribution in [3.8, 4) is 0 Å². The van der Waals surface area contributed by atoms with Gasteiger partial charge in [-0.1, -0.05) is 25.2 Å².